The van der Waals surface area contributed by atoms with Crippen LogP contribution in [0.25, 0.3) is 5.69 Å². The number of methoxy groups -OCH3 is 1. The van der Waals surface area contributed by atoms with Gasteiger partial charge < -0.3 is 4.74 Å². The van der Waals surface area contributed by atoms with Crippen molar-refractivity contribution in [3.8, 4) is 11.4 Å². The minimum Gasteiger partial charge on any atom is -0.495 e. The molecule has 0 aliphatic rings. The van der Waals surface area contributed by atoms with Crippen molar-refractivity contribution in [3.05, 3.63) is 33.0 Å². The van der Waals surface area contributed by atoms with Crippen molar-refractivity contribution >= 4 is 47.8 Å². The summed E-state index contributed by atoms with van der Waals surface area (Å²) in [4.78, 5) is 0. The molecule has 0 unspecified atom stereocenters. The second-order valence-corrected chi connectivity index (χ2v) is 6.03. The molecule has 2 aromatic rings. The second kappa shape index (κ2) is 6.16. The molecule has 0 aliphatic heterocycles. The predicted octanol–water partition coefficient (Wildman–Crippen LogP) is 3.74. The van der Waals surface area contributed by atoms with Crippen LogP contribution >= 0.6 is 47.8 Å². The number of rotatable bonds is 4. The fourth-order valence-electron chi connectivity index (χ4n) is 1.48. The number of benzene rings is 1. The molecule has 96 valence electrons. The van der Waals surface area contributed by atoms with Gasteiger partial charge >= 0.3 is 0 Å². The van der Waals surface area contributed by atoms with E-state index in [4.69, 9.17) is 4.74 Å². The first-order valence-electron chi connectivity index (χ1n) is 5.16. The maximum atomic E-state index is 5.28. The zero-order valence-corrected chi connectivity index (χ0v) is 14.3. The minimum absolute atomic E-state index is 0.755. The van der Waals surface area contributed by atoms with Crippen molar-refractivity contribution in [2.75, 3.05) is 12.4 Å². The van der Waals surface area contributed by atoms with Crippen LogP contribution in [0.3, 0.4) is 0 Å². The van der Waals surface area contributed by atoms with E-state index in [-0.39, 0.29) is 0 Å². The third kappa shape index (κ3) is 2.95. The lowest BCUT2D eigenvalue weighted by molar-refractivity contribution is 0.411. The molecule has 1 aromatic heterocycles. The SMILES string of the molecule is COc1cc(-n2cc(CCBr)nn2)c(Br)cc1Br. The molecule has 0 amide bonds. The molecule has 0 saturated heterocycles. The molecule has 0 fully saturated rings. The molecule has 4 nitrogen and oxygen atoms in total. The zero-order valence-electron chi connectivity index (χ0n) is 9.53. The van der Waals surface area contributed by atoms with E-state index in [0.717, 1.165) is 37.8 Å². The van der Waals surface area contributed by atoms with Crippen LogP contribution in [0.5, 0.6) is 5.75 Å². The molecule has 0 aliphatic carbocycles. The minimum atomic E-state index is 0.755. The van der Waals surface area contributed by atoms with Crippen LogP contribution in [0, 0.1) is 0 Å². The van der Waals surface area contributed by atoms with Gasteiger partial charge in [-0.2, -0.15) is 0 Å². The van der Waals surface area contributed by atoms with E-state index in [1.165, 1.54) is 0 Å². The molecule has 0 N–H and O–H groups in total. The normalized spacial score (nSPS) is 10.7. The Morgan fingerprint density at radius 2 is 2.06 bits per heavy atom. The number of ether oxygens (including phenoxy) is 1. The van der Waals surface area contributed by atoms with E-state index < -0.39 is 0 Å². The summed E-state index contributed by atoms with van der Waals surface area (Å²) in [6, 6.07) is 3.83. The van der Waals surface area contributed by atoms with Crippen molar-refractivity contribution in [2.24, 2.45) is 0 Å². The van der Waals surface area contributed by atoms with E-state index in [1.807, 2.05) is 18.3 Å². The van der Waals surface area contributed by atoms with Crippen molar-refractivity contribution in [3.63, 3.8) is 0 Å². The third-order valence-electron chi connectivity index (χ3n) is 2.36. The highest BCUT2D eigenvalue weighted by atomic mass is 79.9. The molecular formula is C11H10Br3N3O. The summed E-state index contributed by atoms with van der Waals surface area (Å²) < 4.78 is 8.82. The monoisotopic (exact) mass is 437 g/mol. The second-order valence-electron chi connectivity index (χ2n) is 3.53. The molecule has 1 heterocycles. The standard InChI is InChI=1S/C11H10Br3N3O/c1-18-11-5-10(8(13)4-9(11)14)17-6-7(2-3-12)15-16-17/h4-6H,2-3H2,1H3. The largest absolute Gasteiger partial charge is 0.495 e. The van der Waals surface area contributed by atoms with Crippen LogP contribution in [0.1, 0.15) is 5.69 Å². The zero-order chi connectivity index (χ0) is 13.1. The van der Waals surface area contributed by atoms with Crippen molar-refractivity contribution in [1.82, 2.24) is 15.0 Å². The molecule has 0 spiro atoms. The summed E-state index contributed by atoms with van der Waals surface area (Å²) in [5.41, 5.74) is 1.84. The number of hydrogen-bond acceptors (Lipinski definition) is 3. The van der Waals surface area contributed by atoms with E-state index in [2.05, 4.69) is 58.1 Å². The Labute approximate surface area is 130 Å². The predicted molar refractivity (Wildman–Crippen MR) is 80.8 cm³/mol. The first-order valence-corrected chi connectivity index (χ1v) is 7.87. The van der Waals surface area contributed by atoms with Gasteiger partial charge in [0.15, 0.2) is 0 Å². The number of aryl methyl sites for hydroxylation is 1. The van der Waals surface area contributed by atoms with Gasteiger partial charge in [0.25, 0.3) is 0 Å². The Bertz CT molecular complexity index is 556. The van der Waals surface area contributed by atoms with Crippen LogP contribution in [-0.2, 0) is 6.42 Å². The summed E-state index contributed by atoms with van der Waals surface area (Å²) in [7, 11) is 1.63. The highest BCUT2D eigenvalue weighted by Crippen LogP contribution is 2.33. The number of halogens is 3. The lowest BCUT2D eigenvalue weighted by Crippen LogP contribution is -1.98. The highest BCUT2D eigenvalue weighted by molar-refractivity contribution is 9.11. The van der Waals surface area contributed by atoms with E-state index in [9.17, 15) is 0 Å². The first kappa shape index (κ1) is 14.0. The van der Waals surface area contributed by atoms with Gasteiger partial charge in [0.2, 0.25) is 0 Å². The number of alkyl halides is 1. The number of aromatic nitrogens is 3. The molecule has 0 atom stereocenters. The lowest BCUT2D eigenvalue weighted by Gasteiger charge is -2.08. The summed E-state index contributed by atoms with van der Waals surface area (Å²) in [5, 5.41) is 9.10. The van der Waals surface area contributed by atoms with Crippen molar-refractivity contribution < 1.29 is 4.74 Å². The van der Waals surface area contributed by atoms with Crippen LogP contribution in [0.4, 0.5) is 0 Å². The Morgan fingerprint density at radius 1 is 1.28 bits per heavy atom. The molecule has 18 heavy (non-hydrogen) atoms. The van der Waals surface area contributed by atoms with Gasteiger partial charge in [0.05, 0.1) is 29.2 Å². The van der Waals surface area contributed by atoms with Crippen LogP contribution < -0.4 is 4.74 Å². The molecular weight excluding hydrogens is 430 g/mol. The van der Waals surface area contributed by atoms with Gasteiger partial charge in [0, 0.05) is 22.3 Å². The molecule has 0 bridgehead atoms. The summed E-state index contributed by atoms with van der Waals surface area (Å²) >= 11 is 10.3. The van der Waals surface area contributed by atoms with Crippen LogP contribution in [0.15, 0.2) is 27.3 Å². The van der Waals surface area contributed by atoms with Gasteiger partial charge in [-0.1, -0.05) is 21.1 Å². The smallest absolute Gasteiger partial charge is 0.135 e. The van der Waals surface area contributed by atoms with Gasteiger partial charge in [-0.05, 0) is 37.9 Å². The highest BCUT2D eigenvalue weighted by Gasteiger charge is 2.10. The van der Waals surface area contributed by atoms with E-state index >= 15 is 0 Å². The third-order valence-corrected chi connectivity index (χ3v) is 4.01. The Kier molecular flexibility index (Phi) is 4.80. The molecule has 0 saturated carbocycles. The van der Waals surface area contributed by atoms with E-state index in [0.29, 0.717) is 0 Å². The molecule has 1 aromatic carbocycles. The van der Waals surface area contributed by atoms with Crippen molar-refractivity contribution in [2.45, 2.75) is 6.42 Å². The number of nitrogens with zero attached hydrogens (tertiary/aromatic N) is 3. The molecule has 0 radical (unpaired) electrons. The first-order chi connectivity index (χ1) is 8.65. The topological polar surface area (TPSA) is 39.9 Å². The van der Waals surface area contributed by atoms with Crippen molar-refractivity contribution in [1.29, 1.82) is 0 Å². The maximum absolute atomic E-state index is 5.28. The van der Waals surface area contributed by atoms with E-state index in [1.54, 1.807) is 11.8 Å². The number of hydrogen-bond donors (Lipinski definition) is 0. The fraction of sp³-hybridized carbons (Fsp3) is 0.273. The van der Waals surface area contributed by atoms with Gasteiger partial charge in [-0.3, -0.25) is 0 Å². The summed E-state index contributed by atoms with van der Waals surface area (Å²) in [6.07, 6.45) is 2.76. The average Bonchev–Trinajstić information content (AvgIpc) is 2.78. The average molecular weight is 440 g/mol. The van der Waals surface area contributed by atoms with Gasteiger partial charge in [-0.25, -0.2) is 4.68 Å². The van der Waals surface area contributed by atoms with Gasteiger partial charge in [-0.15, -0.1) is 5.10 Å². The molecule has 7 heteroatoms. The quantitative estimate of drug-likeness (QED) is 0.681. The summed E-state index contributed by atoms with van der Waals surface area (Å²) in [5.74, 6) is 0.755. The Morgan fingerprint density at radius 3 is 2.72 bits per heavy atom. The Balaban J connectivity index is 2.42. The Hall–Kier alpha value is -0.400. The van der Waals surface area contributed by atoms with Crippen LogP contribution in [0.2, 0.25) is 0 Å². The van der Waals surface area contributed by atoms with Gasteiger partial charge in [0.1, 0.15) is 5.75 Å². The fourth-order valence-corrected chi connectivity index (χ4v) is 3.22. The molecule has 2 rings (SSSR count). The van der Waals surface area contributed by atoms with Crippen LogP contribution in [-0.4, -0.2) is 27.4 Å². The maximum Gasteiger partial charge on any atom is 0.135 e. The lowest BCUT2D eigenvalue weighted by atomic mass is 10.3. The summed E-state index contributed by atoms with van der Waals surface area (Å²) in [6.45, 7) is 0.